The summed E-state index contributed by atoms with van der Waals surface area (Å²) in [4.78, 5) is 14.6. The van der Waals surface area contributed by atoms with Gasteiger partial charge in [0.15, 0.2) is 0 Å². The molecule has 0 saturated carbocycles. The Kier molecular flexibility index (Phi) is 5.41. The smallest absolute Gasteiger partial charge is 0.253 e. The van der Waals surface area contributed by atoms with Crippen LogP contribution in [-0.2, 0) is 16.1 Å². The van der Waals surface area contributed by atoms with Gasteiger partial charge in [-0.1, -0.05) is 18.2 Å². The summed E-state index contributed by atoms with van der Waals surface area (Å²) < 4.78 is 21.6. The van der Waals surface area contributed by atoms with E-state index in [1.54, 1.807) is 0 Å². The molecule has 2 saturated heterocycles. The first-order valence-electron chi connectivity index (χ1n) is 9.29. The van der Waals surface area contributed by atoms with Crippen LogP contribution in [0.1, 0.15) is 50.9 Å². The number of nitrogens with one attached hydrogen (secondary N) is 1. The molecule has 2 heterocycles. The molecule has 1 aromatic carbocycles. The maximum atomic E-state index is 12.7. The lowest BCUT2D eigenvalue weighted by molar-refractivity contribution is 0.0401. The van der Waals surface area contributed by atoms with Crippen LogP contribution in [0, 0.1) is 5.41 Å². The van der Waals surface area contributed by atoms with Crippen molar-refractivity contribution in [2.45, 2.75) is 50.8 Å². The maximum absolute atomic E-state index is 12.7. The average molecular weight is 379 g/mol. The minimum absolute atomic E-state index is 0.0820. The Morgan fingerprint density at radius 1 is 1.19 bits per heavy atom. The van der Waals surface area contributed by atoms with Crippen LogP contribution < -0.4 is 4.72 Å². The van der Waals surface area contributed by atoms with E-state index in [1.807, 2.05) is 56.0 Å². The summed E-state index contributed by atoms with van der Waals surface area (Å²) in [5.74, 6) is 0.0901. The van der Waals surface area contributed by atoms with Gasteiger partial charge in [0, 0.05) is 35.4 Å². The Morgan fingerprint density at radius 3 is 2.38 bits per heavy atom. The van der Waals surface area contributed by atoms with E-state index in [4.69, 9.17) is 4.74 Å². The van der Waals surface area contributed by atoms with Crippen LogP contribution in [0.25, 0.3) is 0 Å². The summed E-state index contributed by atoms with van der Waals surface area (Å²) in [6.07, 6.45) is 1.72. The van der Waals surface area contributed by atoms with Gasteiger partial charge in [-0.15, -0.1) is 4.72 Å². The Labute approximate surface area is 159 Å². The highest BCUT2D eigenvalue weighted by molar-refractivity contribution is 7.90. The van der Waals surface area contributed by atoms with Gasteiger partial charge in [0.05, 0.1) is 18.8 Å². The number of amides is 1. The number of nitrogens with zero attached hydrogens (tertiary/aromatic N) is 1. The minimum Gasteiger partial charge on any atom is -0.598 e. The fourth-order valence-electron chi connectivity index (χ4n) is 3.86. The molecule has 6 heteroatoms. The molecule has 2 aliphatic rings. The van der Waals surface area contributed by atoms with Gasteiger partial charge in [-0.3, -0.25) is 4.79 Å². The van der Waals surface area contributed by atoms with Crippen LogP contribution in [0.15, 0.2) is 30.3 Å². The fraction of sp³-hybridized carbons (Fsp3) is 0.650. The quantitative estimate of drug-likeness (QED) is 0.822. The van der Waals surface area contributed by atoms with Gasteiger partial charge >= 0.3 is 0 Å². The Bertz CT molecular complexity index is 638. The van der Waals surface area contributed by atoms with Crippen molar-refractivity contribution in [1.82, 2.24) is 9.62 Å². The van der Waals surface area contributed by atoms with Crippen molar-refractivity contribution in [2.75, 3.05) is 26.3 Å². The first kappa shape index (κ1) is 19.7. The molecule has 5 nitrogen and oxygen atoms in total. The predicted molar refractivity (Wildman–Crippen MR) is 104 cm³/mol. The highest BCUT2D eigenvalue weighted by atomic mass is 32.2. The molecule has 2 fully saturated rings. The summed E-state index contributed by atoms with van der Waals surface area (Å²) >= 11 is -1.15. The second-order valence-electron chi connectivity index (χ2n) is 8.75. The summed E-state index contributed by atoms with van der Waals surface area (Å²) in [6, 6.07) is 9.44. The van der Waals surface area contributed by atoms with E-state index in [1.165, 1.54) is 0 Å². The second-order valence-corrected chi connectivity index (χ2v) is 10.7. The van der Waals surface area contributed by atoms with Crippen molar-refractivity contribution in [3.8, 4) is 0 Å². The Morgan fingerprint density at radius 2 is 1.81 bits per heavy atom. The SMILES string of the molecule is CC(C)(C)[S+]([O-])N[C@]1(C)COCC12CCN(C(=O)c1ccccc1)CC2. The molecular formula is C20H30N2O3S. The molecule has 0 bridgehead atoms. The van der Waals surface area contributed by atoms with Gasteiger partial charge in [-0.25, -0.2) is 0 Å². The van der Waals surface area contributed by atoms with Gasteiger partial charge in [-0.05, 0) is 52.7 Å². The highest BCUT2D eigenvalue weighted by Crippen LogP contribution is 2.47. The Balaban J connectivity index is 1.69. The molecule has 1 N–H and O–H groups in total. The molecule has 144 valence electrons. The van der Waals surface area contributed by atoms with Crippen molar-refractivity contribution in [1.29, 1.82) is 0 Å². The van der Waals surface area contributed by atoms with Gasteiger partial charge in [0.2, 0.25) is 0 Å². The number of benzene rings is 1. The summed E-state index contributed by atoms with van der Waals surface area (Å²) in [6.45, 7) is 10.7. The summed E-state index contributed by atoms with van der Waals surface area (Å²) in [5.41, 5.74) is 0.315. The van der Waals surface area contributed by atoms with Gasteiger partial charge in [0.1, 0.15) is 4.75 Å². The summed E-state index contributed by atoms with van der Waals surface area (Å²) in [5, 5.41) is 0. The van der Waals surface area contributed by atoms with Crippen LogP contribution in [0.4, 0.5) is 0 Å². The average Bonchev–Trinajstić information content (AvgIpc) is 2.91. The van der Waals surface area contributed by atoms with Crippen LogP contribution in [0.2, 0.25) is 0 Å². The third kappa shape index (κ3) is 3.65. The Hall–Kier alpha value is -1.08. The zero-order chi connectivity index (χ0) is 19.0. The molecule has 0 aliphatic carbocycles. The molecule has 1 unspecified atom stereocenters. The number of hydrogen-bond acceptors (Lipinski definition) is 4. The first-order valence-corrected chi connectivity index (χ1v) is 10.4. The van der Waals surface area contributed by atoms with E-state index in [9.17, 15) is 9.35 Å². The molecule has 2 atom stereocenters. The number of likely N-dealkylation sites (tertiary alicyclic amines) is 1. The zero-order valence-corrected chi connectivity index (χ0v) is 17.0. The standard InChI is InChI=1S/C20H30N2O3S/c1-18(2,3)26(24)21-19(4)14-25-15-20(19)10-12-22(13-11-20)17(23)16-8-6-5-7-9-16/h5-9,21H,10-15H2,1-4H3/t19-,26?/m1/s1. The van der Waals surface area contributed by atoms with Crippen molar-refractivity contribution < 1.29 is 14.1 Å². The molecule has 1 amide bonds. The van der Waals surface area contributed by atoms with E-state index in [0.29, 0.717) is 26.3 Å². The van der Waals surface area contributed by atoms with E-state index in [-0.39, 0.29) is 21.6 Å². The highest BCUT2D eigenvalue weighted by Gasteiger charge is 2.57. The van der Waals surface area contributed by atoms with E-state index in [0.717, 1.165) is 18.4 Å². The number of carbonyl (C=O) groups excluding carboxylic acids is 1. The molecule has 0 radical (unpaired) electrons. The van der Waals surface area contributed by atoms with E-state index in [2.05, 4.69) is 11.6 Å². The first-order chi connectivity index (χ1) is 12.2. The third-order valence-corrected chi connectivity index (χ3v) is 7.59. The number of hydrogen-bond donors (Lipinski definition) is 1. The van der Waals surface area contributed by atoms with Gasteiger partial charge < -0.3 is 14.2 Å². The van der Waals surface area contributed by atoms with Crippen molar-refractivity contribution >= 4 is 17.3 Å². The van der Waals surface area contributed by atoms with Crippen molar-refractivity contribution in [3.63, 3.8) is 0 Å². The van der Waals surface area contributed by atoms with Gasteiger partial charge in [-0.2, -0.15) is 0 Å². The van der Waals surface area contributed by atoms with E-state index < -0.39 is 11.4 Å². The summed E-state index contributed by atoms with van der Waals surface area (Å²) in [7, 11) is 0. The topological polar surface area (TPSA) is 64.6 Å². The lowest BCUT2D eigenvalue weighted by Gasteiger charge is -2.47. The molecule has 2 aliphatic heterocycles. The second kappa shape index (κ2) is 7.15. The number of ether oxygens (including phenoxy) is 1. The van der Waals surface area contributed by atoms with Crippen LogP contribution in [-0.4, -0.2) is 51.9 Å². The molecule has 0 aromatic heterocycles. The lowest BCUT2D eigenvalue weighted by Crippen LogP contribution is -2.63. The minimum atomic E-state index is -1.15. The number of rotatable bonds is 3. The van der Waals surface area contributed by atoms with E-state index >= 15 is 0 Å². The molecule has 1 aromatic rings. The third-order valence-electron chi connectivity index (χ3n) is 5.84. The largest absolute Gasteiger partial charge is 0.598 e. The molecule has 26 heavy (non-hydrogen) atoms. The predicted octanol–water partition coefficient (Wildman–Crippen LogP) is 2.75. The zero-order valence-electron chi connectivity index (χ0n) is 16.2. The van der Waals surface area contributed by atoms with Gasteiger partial charge in [0.25, 0.3) is 5.91 Å². The lowest BCUT2D eigenvalue weighted by atomic mass is 9.67. The van der Waals surface area contributed by atoms with Crippen LogP contribution in [0.3, 0.4) is 0 Å². The van der Waals surface area contributed by atoms with Crippen LogP contribution in [0.5, 0.6) is 0 Å². The van der Waals surface area contributed by atoms with Crippen LogP contribution >= 0.6 is 0 Å². The molecule has 3 rings (SSSR count). The number of carbonyl (C=O) groups is 1. The maximum Gasteiger partial charge on any atom is 0.253 e. The van der Waals surface area contributed by atoms with Crippen molar-refractivity contribution in [3.05, 3.63) is 35.9 Å². The normalized spacial score (nSPS) is 26.9. The van der Waals surface area contributed by atoms with Crippen molar-refractivity contribution in [2.24, 2.45) is 5.41 Å². The molecule has 1 spiro atoms. The fourth-order valence-corrected chi connectivity index (χ4v) is 4.85. The monoisotopic (exact) mass is 378 g/mol. The molecular weight excluding hydrogens is 348 g/mol. The number of piperidine rings is 1.